The summed E-state index contributed by atoms with van der Waals surface area (Å²) in [6, 6.07) is 1.78. The summed E-state index contributed by atoms with van der Waals surface area (Å²) in [6.07, 6.45) is 4.59. The van der Waals surface area contributed by atoms with Gasteiger partial charge in [-0.15, -0.1) is 11.6 Å². The summed E-state index contributed by atoms with van der Waals surface area (Å²) in [5.74, 6) is 1.79. The van der Waals surface area contributed by atoms with E-state index in [0.29, 0.717) is 23.8 Å². The number of halogens is 1. The van der Waals surface area contributed by atoms with E-state index in [4.69, 9.17) is 16.0 Å². The highest BCUT2D eigenvalue weighted by Gasteiger charge is 2.24. The molecule has 100 valence electrons. The third-order valence-electron chi connectivity index (χ3n) is 3.63. The van der Waals surface area contributed by atoms with E-state index < -0.39 is 0 Å². The topological polar surface area (TPSA) is 42.2 Å². The van der Waals surface area contributed by atoms with Crippen molar-refractivity contribution in [2.24, 2.45) is 5.92 Å². The van der Waals surface area contributed by atoms with Gasteiger partial charge in [0, 0.05) is 11.9 Å². The predicted molar refractivity (Wildman–Crippen MR) is 72.1 cm³/mol. The van der Waals surface area contributed by atoms with Gasteiger partial charge in [-0.1, -0.05) is 12.8 Å². The van der Waals surface area contributed by atoms with Crippen LogP contribution in [0.3, 0.4) is 0 Å². The second kappa shape index (κ2) is 5.79. The molecule has 0 spiro atoms. The zero-order chi connectivity index (χ0) is 13.1. The number of carbonyl (C=O) groups excluding carboxylic acids is 1. The maximum absolute atomic E-state index is 12.0. The lowest BCUT2D eigenvalue weighted by molar-refractivity contribution is 0.0942. The van der Waals surface area contributed by atoms with Crippen LogP contribution in [-0.2, 0) is 0 Å². The van der Waals surface area contributed by atoms with Crippen molar-refractivity contribution in [1.82, 2.24) is 5.32 Å². The van der Waals surface area contributed by atoms with E-state index in [9.17, 15) is 4.79 Å². The number of carbonyl (C=O) groups is 1. The maximum atomic E-state index is 12.0. The highest BCUT2D eigenvalue weighted by molar-refractivity contribution is 6.20. The molecular weight excluding hydrogens is 250 g/mol. The summed E-state index contributed by atoms with van der Waals surface area (Å²) < 4.78 is 5.36. The van der Waals surface area contributed by atoms with E-state index in [1.54, 1.807) is 6.07 Å². The Morgan fingerprint density at radius 3 is 2.78 bits per heavy atom. The van der Waals surface area contributed by atoms with Crippen LogP contribution in [-0.4, -0.2) is 17.8 Å². The molecule has 1 aliphatic carbocycles. The molecule has 1 fully saturated rings. The second-order valence-corrected chi connectivity index (χ2v) is 5.66. The van der Waals surface area contributed by atoms with Gasteiger partial charge in [-0.25, -0.2) is 0 Å². The molecule has 1 aromatic rings. The van der Waals surface area contributed by atoms with E-state index in [1.807, 2.05) is 13.8 Å². The van der Waals surface area contributed by atoms with Gasteiger partial charge < -0.3 is 9.73 Å². The zero-order valence-electron chi connectivity index (χ0n) is 11.0. The third-order valence-corrected chi connectivity index (χ3v) is 4.20. The SMILES string of the molecule is Cc1cc(C(=O)NCC2CCCCC2Cl)c(C)o1. The normalized spacial score (nSPS) is 23.9. The monoisotopic (exact) mass is 269 g/mol. The first-order chi connectivity index (χ1) is 8.58. The van der Waals surface area contributed by atoms with Gasteiger partial charge in [-0.3, -0.25) is 4.79 Å². The van der Waals surface area contributed by atoms with Gasteiger partial charge in [0.1, 0.15) is 11.5 Å². The number of hydrogen-bond acceptors (Lipinski definition) is 2. The summed E-state index contributed by atoms with van der Waals surface area (Å²) in [7, 11) is 0. The van der Waals surface area contributed by atoms with E-state index in [1.165, 1.54) is 12.8 Å². The first kappa shape index (κ1) is 13.5. The Hall–Kier alpha value is -0.960. The Morgan fingerprint density at radius 2 is 2.17 bits per heavy atom. The molecule has 0 saturated heterocycles. The molecule has 4 heteroatoms. The minimum atomic E-state index is -0.0567. The van der Waals surface area contributed by atoms with Crippen molar-refractivity contribution in [3.63, 3.8) is 0 Å². The van der Waals surface area contributed by atoms with Crippen molar-refractivity contribution >= 4 is 17.5 Å². The van der Waals surface area contributed by atoms with Crippen LogP contribution in [0.25, 0.3) is 0 Å². The number of rotatable bonds is 3. The van der Waals surface area contributed by atoms with E-state index in [-0.39, 0.29) is 11.3 Å². The summed E-state index contributed by atoms with van der Waals surface area (Å²) in [5.41, 5.74) is 0.634. The Morgan fingerprint density at radius 1 is 1.44 bits per heavy atom. The molecule has 3 nitrogen and oxygen atoms in total. The molecule has 2 rings (SSSR count). The average molecular weight is 270 g/mol. The van der Waals surface area contributed by atoms with Gasteiger partial charge in [0.2, 0.25) is 0 Å². The van der Waals surface area contributed by atoms with Crippen LogP contribution < -0.4 is 5.32 Å². The molecule has 1 aliphatic rings. The summed E-state index contributed by atoms with van der Waals surface area (Å²) in [6.45, 7) is 4.32. The van der Waals surface area contributed by atoms with Gasteiger partial charge in [0.25, 0.3) is 5.91 Å². The fourth-order valence-corrected chi connectivity index (χ4v) is 2.94. The van der Waals surface area contributed by atoms with E-state index >= 15 is 0 Å². The first-order valence-corrected chi connectivity index (χ1v) is 7.01. The third kappa shape index (κ3) is 3.08. The molecule has 0 radical (unpaired) electrons. The highest BCUT2D eigenvalue weighted by Crippen LogP contribution is 2.28. The number of amides is 1. The van der Waals surface area contributed by atoms with Crippen molar-refractivity contribution in [1.29, 1.82) is 0 Å². The number of nitrogens with one attached hydrogen (secondary N) is 1. The van der Waals surface area contributed by atoms with Gasteiger partial charge >= 0.3 is 0 Å². The number of hydrogen-bond donors (Lipinski definition) is 1. The molecule has 2 unspecified atom stereocenters. The van der Waals surface area contributed by atoms with Gasteiger partial charge in [-0.05, 0) is 38.7 Å². The summed E-state index contributed by atoms with van der Waals surface area (Å²) in [5, 5.41) is 3.17. The lowest BCUT2D eigenvalue weighted by Crippen LogP contribution is -2.34. The smallest absolute Gasteiger partial charge is 0.254 e. The van der Waals surface area contributed by atoms with Crippen molar-refractivity contribution in [3.05, 3.63) is 23.2 Å². The number of alkyl halides is 1. The highest BCUT2D eigenvalue weighted by atomic mass is 35.5. The zero-order valence-corrected chi connectivity index (χ0v) is 11.7. The Kier molecular flexibility index (Phi) is 4.33. The average Bonchev–Trinajstić information content (AvgIpc) is 2.67. The van der Waals surface area contributed by atoms with Gasteiger partial charge in [-0.2, -0.15) is 0 Å². The second-order valence-electron chi connectivity index (χ2n) is 5.10. The molecule has 1 amide bonds. The lowest BCUT2D eigenvalue weighted by Gasteiger charge is -2.27. The quantitative estimate of drug-likeness (QED) is 0.855. The summed E-state index contributed by atoms with van der Waals surface area (Å²) >= 11 is 6.28. The molecule has 1 saturated carbocycles. The fraction of sp³-hybridized carbons (Fsp3) is 0.643. The Bertz CT molecular complexity index is 427. The molecular formula is C14H20ClNO2. The van der Waals surface area contributed by atoms with Gasteiger partial charge in [0.15, 0.2) is 0 Å². The molecule has 18 heavy (non-hydrogen) atoms. The van der Waals surface area contributed by atoms with Crippen LogP contribution in [0, 0.1) is 19.8 Å². The maximum Gasteiger partial charge on any atom is 0.254 e. The van der Waals surface area contributed by atoms with Crippen LogP contribution in [0.1, 0.15) is 47.6 Å². The molecule has 2 atom stereocenters. The molecule has 1 heterocycles. The van der Waals surface area contributed by atoms with E-state index in [2.05, 4.69) is 5.32 Å². The Balaban J connectivity index is 1.90. The Labute approximate surface area is 113 Å². The first-order valence-electron chi connectivity index (χ1n) is 6.57. The van der Waals surface area contributed by atoms with Crippen LogP contribution in [0.4, 0.5) is 0 Å². The number of furan rings is 1. The minimum Gasteiger partial charge on any atom is -0.466 e. The minimum absolute atomic E-state index is 0.0567. The molecule has 1 N–H and O–H groups in total. The molecule has 0 aliphatic heterocycles. The predicted octanol–water partition coefficient (Wildman–Crippen LogP) is 3.42. The van der Waals surface area contributed by atoms with Crippen LogP contribution in [0.5, 0.6) is 0 Å². The van der Waals surface area contributed by atoms with E-state index in [0.717, 1.165) is 18.6 Å². The van der Waals surface area contributed by atoms with Gasteiger partial charge in [0.05, 0.1) is 5.56 Å². The fourth-order valence-electron chi connectivity index (χ4n) is 2.57. The number of aryl methyl sites for hydroxylation is 2. The molecule has 0 bridgehead atoms. The van der Waals surface area contributed by atoms with Crippen LogP contribution in [0.2, 0.25) is 0 Å². The molecule has 1 aromatic heterocycles. The van der Waals surface area contributed by atoms with Crippen molar-refractivity contribution in [3.8, 4) is 0 Å². The van der Waals surface area contributed by atoms with Crippen LogP contribution in [0.15, 0.2) is 10.5 Å². The van der Waals surface area contributed by atoms with Crippen molar-refractivity contribution in [2.75, 3.05) is 6.54 Å². The standard InChI is InChI=1S/C14H20ClNO2/c1-9-7-12(10(2)18-9)14(17)16-8-11-5-3-4-6-13(11)15/h7,11,13H,3-6,8H2,1-2H3,(H,16,17). The molecule has 0 aromatic carbocycles. The van der Waals surface area contributed by atoms with Crippen LogP contribution >= 0.6 is 11.6 Å². The van der Waals surface area contributed by atoms with Crippen molar-refractivity contribution in [2.45, 2.75) is 44.9 Å². The summed E-state index contributed by atoms with van der Waals surface area (Å²) in [4.78, 5) is 12.0. The lowest BCUT2D eigenvalue weighted by atomic mass is 9.88. The van der Waals surface area contributed by atoms with Crippen molar-refractivity contribution < 1.29 is 9.21 Å². The largest absolute Gasteiger partial charge is 0.466 e.